The van der Waals surface area contributed by atoms with Crippen LogP contribution in [0.2, 0.25) is 0 Å². The summed E-state index contributed by atoms with van der Waals surface area (Å²) in [5.74, 6) is 1.86. The number of hydrogen-bond acceptors (Lipinski definition) is 24. The third-order valence-electron chi connectivity index (χ3n) is 19.5. The van der Waals surface area contributed by atoms with Gasteiger partial charge in [-0.15, -0.1) is 0 Å². The molecule has 0 unspecified atom stereocenters. The molecule has 8 aromatic rings. The van der Waals surface area contributed by atoms with Crippen molar-refractivity contribution in [3.8, 4) is 28.6 Å². The first-order valence-corrected chi connectivity index (χ1v) is 39.5. The SMILES string of the molecule is COc1cc(OC)c2c(=O)[nH]c(-c3cc(C)c(OCCOCCOCCOCCOCCOCCOCCC(=O)CCCCN(C)CCCCC(=O)CCCC(=O)c4nc(CC(=O)CCCC(=O)c5cc(CC(=O)c6nc(CC(=O)CCCC(=O)c7cc(CC(=O)c8nccn8C)cn7C)cn6C)cn5C)cn4C)c(C)c3)nc2c1. The molecular formula is C85H113N11O19. The van der Waals surface area contributed by atoms with Crippen LogP contribution < -0.4 is 19.8 Å². The first kappa shape index (κ1) is 90.5. The number of carbonyl (C=O) groups excluding carboxylic acids is 9. The summed E-state index contributed by atoms with van der Waals surface area (Å²) in [7, 11) is 13.7. The average Bonchev–Trinajstić information content (AvgIpc) is 1.53. The molecule has 0 saturated heterocycles. The zero-order valence-electron chi connectivity index (χ0n) is 68.4. The number of hydrogen-bond donors (Lipinski definition) is 1. The predicted molar refractivity (Wildman–Crippen MR) is 429 cm³/mol. The standard InChI is InChI=1S/C85H113N11O19/c1-58-44-62(81-89-70-52-69(107-9)53-78(108-10)79(70)85(106)90-81)45-59(2)80(58)115-43-42-114-41-40-113-39-38-112-37-36-111-35-34-110-33-32-109-31-26-66(98)19-12-14-29-91(3)28-13-11-18-65(97)20-15-25-75(103)83-87-63(56-95(83)7)50-67(99)21-16-24-74(102)72-47-61(55-94(72)6)49-77(105)84-88-64(57-96(84)8)51-68(100)22-17-23-73(101)71-46-60(54-93(71)5)48-76(104)82-86-27-30-92(82)4/h27,30,44-47,52-57H,11-26,28-29,31-43,48-51H2,1-10H3,(H,89,90,106). The summed E-state index contributed by atoms with van der Waals surface area (Å²) in [6.07, 6.45) is 16.6. The van der Waals surface area contributed by atoms with Crippen molar-refractivity contribution < 1.29 is 85.8 Å². The number of aromatic nitrogens is 10. The zero-order valence-corrected chi connectivity index (χ0v) is 68.4. The summed E-state index contributed by atoms with van der Waals surface area (Å²) >= 11 is 0. The van der Waals surface area contributed by atoms with Crippen LogP contribution in [0.15, 0.2) is 78.4 Å². The van der Waals surface area contributed by atoms with Gasteiger partial charge < -0.3 is 75.4 Å². The highest BCUT2D eigenvalue weighted by atomic mass is 16.6. The number of unbranched alkanes of at least 4 members (excludes halogenated alkanes) is 2. The van der Waals surface area contributed by atoms with Gasteiger partial charge in [-0.3, -0.25) is 47.9 Å². The number of methoxy groups -OCH3 is 2. The van der Waals surface area contributed by atoms with Crippen LogP contribution in [0, 0.1) is 13.8 Å². The van der Waals surface area contributed by atoms with Crippen molar-refractivity contribution in [3.63, 3.8) is 0 Å². The van der Waals surface area contributed by atoms with E-state index in [0.717, 1.165) is 61.2 Å². The fraction of sp³-hybridized carbons (Fsp3) is 0.529. The van der Waals surface area contributed by atoms with Crippen molar-refractivity contribution in [2.45, 2.75) is 142 Å². The lowest BCUT2D eigenvalue weighted by atomic mass is 10.0. The Kier molecular flexibility index (Phi) is 37.0. The largest absolute Gasteiger partial charge is 0.497 e. The molecule has 0 atom stereocenters. The molecule has 622 valence electrons. The molecule has 0 saturated carbocycles. The second-order valence-corrected chi connectivity index (χ2v) is 29.0. The Labute approximate surface area is 671 Å². The summed E-state index contributed by atoms with van der Waals surface area (Å²) in [5.41, 5.74) is 5.72. The van der Waals surface area contributed by atoms with Gasteiger partial charge in [-0.25, -0.2) is 19.9 Å². The fourth-order valence-electron chi connectivity index (χ4n) is 13.5. The van der Waals surface area contributed by atoms with E-state index < -0.39 is 0 Å². The Bertz CT molecular complexity index is 4630. The number of aryl methyl sites for hydroxylation is 7. The van der Waals surface area contributed by atoms with Crippen LogP contribution in [0.5, 0.6) is 17.2 Å². The highest BCUT2D eigenvalue weighted by Gasteiger charge is 2.24. The van der Waals surface area contributed by atoms with Gasteiger partial charge in [0.2, 0.25) is 11.6 Å². The zero-order chi connectivity index (χ0) is 82.8. The molecule has 0 fully saturated rings. The highest BCUT2D eigenvalue weighted by Crippen LogP contribution is 2.32. The number of ketones is 9. The van der Waals surface area contributed by atoms with Crippen molar-refractivity contribution in [2.75, 3.05) is 120 Å². The Balaban J connectivity index is 0.558. The van der Waals surface area contributed by atoms with Crippen LogP contribution in [0.3, 0.4) is 0 Å². The molecule has 1 N–H and O–H groups in total. The topological polar surface area (TPSA) is 349 Å². The van der Waals surface area contributed by atoms with Crippen molar-refractivity contribution in [1.29, 1.82) is 0 Å². The van der Waals surface area contributed by atoms with Crippen molar-refractivity contribution >= 4 is 63.0 Å². The fourth-order valence-corrected chi connectivity index (χ4v) is 13.5. The lowest BCUT2D eigenvalue weighted by Gasteiger charge is -2.16. The second kappa shape index (κ2) is 47.1. The molecule has 8 rings (SSSR count). The Morgan fingerprint density at radius 2 is 0.870 bits per heavy atom. The van der Waals surface area contributed by atoms with Gasteiger partial charge in [0.05, 0.1) is 135 Å². The summed E-state index contributed by atoms with van der Waals surface area (Å²) in [5, 5.41) is 0.351. The van der Waals surface area contributed by atoms with Gasteiger partial charge in [-0.2, -0.15) is 0 Å². The molecule has 30 heteroatoms. The number of aromatic amines is 1. The highest BCUT2D eigenvalue weighted by molar-refractivity contribution is 5.99. The van der Waals surface area contributed by atoms with Gasteiger partial charge in [0.25, 0.3) is 5.56 Å². The number of imidazole rings is 3. The molecule has 2 aromatic carbocycles. The van der Waals surface area contributed by atoms with E-state index in [4.69, 9.17) is 47.6 Å². The van der Waals surface area contributed by atoms with E-state index in [1.54, 1.807) is 127 Å². The van der Waals surface area contributed by atoms with Crippen LogP contribution in [-0.2, 0) is 109 Å². The van der Waals surface area contributed by atoms with Crippen LogP contribution in [-0.4, -0.2) is 225 Å². The Morgan fingerprint density at radius 1 is 0.426 bits per heavy atom. The van der Waals surface area contributed by atoms with Gasteiger partial charge in [0.1, 0.15) is 58.2 Å². The van der Waals surface area contributed by atoms with E-state index in [0.29, 0.717) is 199 Å². The molecule has 0 amide bonds. The average molecular weight is 1590 g/mol. The number of carbonyl (C=O) groups is 9. The maximum absolute atomic E-state index is 13.5. The van der Waals surface area contributed by atoms with Crippen molar-refractivity contribution in [2.24, 2.45) is 35.2 Å². The van der Waals surface area contributed by atoms with Crippen molar-refractivity contribution in [1.82, 2.24) is 52.7 Å². The number of nitrogens with zero attached hydrogens (tertiary/aromatic N) is 10. The Hall–Kier alpha value is -10.1. The third-order valence-corrected chi connectivity index (χ3v) is 19.5. The molecule has 0 aliphatic heterocycles. The number of rotatable bonds is 60. The van der Waals surface area contributed by atoms with E-state index in [2.05, 4.69) is 24.8 Å². The maximum Gasteiger partial charge on any atom is 0.262 e. The van der Waals surface area contributed by atoms with Crippen LogP contribution in [0.1, 0.15) is 189 Å². The van der Waals surface area contributed by atoms with E-state index in [9.17, 15) is 47.9 Å². The van der Waals surface area contributed by atoms with Gasteiger partial charge in [-0.1, -0.05) is 0 Å². The maximum atomic E-state index is 13.5. The summed E-state index contributed by atoms with van der Waals surface area (Å²) in [4.78, 5) is 153. The molecule has 0 spiro atoms. The van der Waals surface area contributed by atoms with Gasteiger partial charge in [0.15, 0.2) is 34.8 Å². The summed E-state index contributed by atoms with van der Waals surface area (Å²) in [6.45, 7) is 10.8. The smallest absolute Gasteiger partial charge is 0.262 e. The summed E-state index contributed by atoms with van der Waals surface area (Å²) < 4.78 is 58.6. The van der Waals surface area contributed by atoms with Crippen molar-refractivity contribution in [3.05, 3.63) is 146 Å². The van der Waals surface area contributed by atoms with Gasteiger partial charge in [0, 0.05) is 161 Å². The molecule has 0 radical (unpaired) electrons. The first-order valence-electron chi connectivity index (χ1n) is 39.5. The van der Waals surface area contributed by atoms with E-state index >= 15 is 0 Å². The lowest BCUT2D eigenvalue weighted by molar-refractivity contribution is -0.121. The molecule has 6 heterocycles. The van der Waals surface area contributed by atoms with E-state index in [1.165, 1.54) is 7.11 Å². The minimum absolute atomic E-state index is 0.00256. The first-order chi connectivity index (χ1) is 55.4. The lowest BCUT2D eigenvalue weighted by Crippen LogP contribution is -2.21. The van der Waals surface area contributed by atoms with Crippen LogP contribution in [0.25, 0.3) is 22.3 Å². The minimum Gasteiger partial charge on any atom is -0.497 e. The molecule has 6 aromatic heterocycles. The molecule has 30 nitrogen and oxygen atoms in total. The third kappa shape index (κ3) is 29.3. The monoisotopic (exact) mass is 1590 g/mol. The normalized spacial score (nSPS) is 11.5. The van der Waals surface area contributed by atoms with E-state index in [-0.39, 0.29) is 127 Å². The second-order valence-electron chi connectivity index (χ2n) is 29.0. The quantitative estimate of drug-likeness (QED) is 0.0274. The number of fused-ring (bicyclic) bond motifs is 1. The molecule has 115 heavy (non-hydrogen) atoms. The van der Waals surface area contributed by atoms with Gasteiger partial charge >= 0.3 is 0 Å². The number of benzene rings is 2. The molecule has 0 aliphatic carbocycles. The number of Topliss-reactive ketones (excluding diaryl/α,β-unsaturated/α-hetero) is 9. The minimum atomic E-state index is -0.309. The Morgan fingerprint density at radius 3 is 1.35 bits per heavy atom. The van der Waals surface area contributed by atoms with Crippen LogP contribution >= 0.6 is 0 Å². The number of H-pyrrole nitrogens is 1. The van der Waals surface area contributed by atoms with Crippen LogP contribution in [0.4, 0.5) is 0 Å². The van der Waals surface area contributed by atoms with Gasteiger partial charge in [-0.05, 0) is 125 Å². The molecule has 0 aliphatic rings. The number of nitrogens with one attached hydrogen (secondary N) is 1. The summed E-state index contributed by atoms with van der Waals surface area (Å²) in [6, 6.07) is 10.6. The van der Waals surface area contributed by atoms with E-state index in [1.807, 2.05) is 33.0 Å². The number of ether oxygens (including phenoxy) is 9. The molecular weight excluding hydrogens is 1480 g/mol. The predicted octanol–water partition coefficient (Wildman–Crippen LogP) is 9.61. The molecule has 0 bridgehead atoms.